The average molecular weight is 310 g/mol. The van der Waals surface area contributed by atoms with E-state index in [2.05, 4.69) is 34.5 Å². The molecule has 1 N–H and O–H groups in total. The third kappa shape index (κ3) is 2.77. The molecule has 2 aliphatic heterocycles. The van der Waals surface area contributed by atoms with Gasteiger partial charge in [0.15, 0.2) is 0 Å². The summed E-state index contributed by atoms with van der Waals surface area (Å²) in [5.74, 6) is 1.55. The number of aromatic nitrogens is 2. The minimum absolute atomic E-state index is 0.743. The van der Waals surface area contributed by atoms with Crippen molar-refractivity contribution in [1.29, 1.82) is 0 Å². The van der Waals surface area contributed by atoms with Gasteiger partial charge in [0.1, 0.15) is 0 Å². The molecule has 0 unspecified atom stereocenters. The van der Waals surface area contributed by atoms with Crippen LogP contribution >= 0.6 is 0 Å². The van der Waals surface area contributed by atoms with Gasteiger partial charge in [0.05, 0.1) is 12.8 Å². The standard InChI is InChI=1S/C18H22N4O/c1-23-17-15-6-9-19-10-7-16(15)20-18(21-17)22-11-8-13-4-2-3-5-14(13)12-22/h2-5,19H,6-12H2,1H3. The quantitative estimate of drug-likeness (QED) is 0.915. The summed E-state index contributed by atoms with van der Waals surface area (Å²) in [5.41, 5.74) is 5.11. The van der Waals surface area contributed by atoms with Crippen molar-refractivity contribution in [3.63, 3.8) is 0 Å². The minimum atomic E-state index is 0.743. The van der Waals surface area contributed by atoms with Crippen LogP contribution in [0.4, 0.5) is 5.95 Å². The third-order valence-corrected chi connectivity index (χ3v) is 4.74. The number of hydrogen-bond acceptors (Lipinski definition) is 5. The minimum Gasteiger partial charge on any atom is -0.481 e. The van der Waals surface area contributed by atoms with E-state index in [9.17, 15) is 0 Å². The van der Waals surface area contributed by atoms with E-state index in [4.69, 9.17) is 14.7 Å². The molecule has 2 aromatic rings. The fourth-order valence-corrected chi connectivity index (χ4v) is 3.47. The van der Waals surface area contributed by atoms with Crippen molar-refractivity contribution in [3.8, 4) is 5.88 Å². The second kappa shape index (κ2) is 6.16. The molecule has 23 heavy (non-hydrogen) atoms. The Morgan fingerprint density at radius 1 is 1.04 bits per heavy atom. The van der Waals surface area contributed by atoms with Crippen LogP contribution in [-0.2, 0) is 25.8 Å². The predicted octanol–water partition coefficient (Wildman–Crippen LogP) is 1.74. The first-order chi connectivity index (χ1) is 11.3. The summed E-state index contributed by atoms with van der Waals surface area (Å²) in [6, 6.07) is 8.64. The zero-order chi connectivity index (χ0) is 15.6. The van der Waals surface area contributed by atoms with Crippen molar-refractivity contribution in [2.45, 2.75) is 25.8 Å². The average Bonchev–Trinajstić information content (AvgIpc) is 2.86. The van der Waals surface area contributed by atoms with E-state index in [1.165, 1.54) is 16.7 Å². The first kappa shape index (κ1) is 14.5. The maximum atomic E-state index is 5.56. The topological polar surface area (TPSA) is 50.3 Å². The van der Waals surface area contributed by atoms with Gasteiger partial charge in [-0.15, -0.1) is 0 Å². The summed E-state index contributed by atoms with van der Waals surface area (Å²) in [5, 5.41) is 3.42. The molecule has 0 fully saturated rings. The molecular formula is C18H22N4O. The van der Waals surface area contributed by atoms with Crippen LogP contribution in [0.3, 0.4) is 0 Å². The van der Waals surface area contributed by atoms with E-state index < -0.39 is 0 Å². The molecule has 0 radical (unpaired) electrons. The molecule has 1 aromatic heterocycles. The van der Waals surface area contributed by atoms with Gasteiger partial charge >= 0.3 is 0 Å². The lowest BCUT2D eigenvalue weighted by Gasteiger charge is -2.29. The number of anilines is 1. The molecule has 0 aliphatic carbocycles. The summed E-state index contributed by atoms with van der Waals surface area (Å²) < 4.78 is 5.56. The van der Waals surface area contributed by atoms with Gasteiger partial charge in [0, 0.05) is 31.6 Å². The van der Waals surface area contributed by atoms with Crippen molar-refractivity contribution in [2.24, 2.45) is 0 Å². The van der Waals surface area contributed by atoms with Crippen LogP contribution in [0.5, 0.6) is 5.88 Å². The summed E-state index contributed by atoms with van der Waals surface area (Å²) in [7, 11) is 1.70. The van der Waals surface area contributed by atoms with E-state index in [1.54, 1.807) is 7.11 Å². The van der Waals surface area contributed by atoms with Crippen LogP contribution in [-0.4, -0.2) is 36.7 Å². The Hall–Kier alpha value is -2.14. The van der Waals surface area contributed by atoms with Gasteiger partial charge in [0.25, 0.3) is 0 Å². The smallest absolute Gasteiger partial charge is 0.229 e. The number of rotatable bonds is 2. The highest BCUT2D eigenvalue weighted by Crippen LogP contribution is 2.27. The third-order valence-electron chi connectivity index (χ3n) is 4.74. The van der Waals surface area contributed by atoms with E-state index in [1.807, 2.05) is 0 Å². The van der Waals surface area contributed by atoms with Crippen molar-refractivity contribution in [3.05, 3.63) is 46.6 Å². The van der Waals surface area contributed by atoms with Crippen molar-refractivity contribution in [2.75, 3.05) is 31.6 Å². The Balaban J connectivity index is 1.68. The highest BCUT2D eigenvalue weighted by atomic mass is 16.5. The first-order valence-corrected chi connectivity index (χ1v) is 8.31. The second-order valence-electron chi connectivity index (χ2n) is 6.15. The molecule has 0 amide bonds. The molecule has 120 valence electrons. The molecule has 5 nitrogen and oxygen atoms in total. The molecule has 0 saturated carbocycles. The zero-order valence-electron chi connectivity index (χ0n) is 13.5. The molecule has 4 rings (SSSR count). The summed E-state index contributed by atoms with van der Waals surface area (Å²) in [6.07, 6.45) is 2.91. The maximum Gasteiger partial charge on any atom is 0.229 e. The van der Waals surface area contributed by atoms with E-state index >= 15 is 0 Å². The van der Waals surface area contributed by atoms with Gasteiger partial charge in [-0.25, -0.2) is 4.98 Å². The van der Waals surface area contributed by atoms with Gasteiger partial charge in [0.2, 0.25) is 11.8 Å². The van der Waals surface area contributed by atoms with Crippen LogP contribution < -0.4 is 15.0 Å². The lowest BCUT2D eigenvalue weighted by Crippen LogP contribution is -2.32. The van der Waals surface area contributed by atoms with Crippen LogP contribution in [0.25, 0.3) is 0 Å². The van der Waals surface area contributed by atoms with E-state index in [0.29, 0.717) is 0 Å². The molecule has 5 heteroatoms. The molecule has 0 bridgehead atoms. The van der Waals surface area contributed by atoms with Gasteiger partial charge in [-0.2, -0.15) is 4.98 Å². The highest BCUT2D eigenvalue weighted by Gasteiger charge is 2.22. The normalized spacial score (nSPS) is 17.2. The largest absolute Gasteiger partial charge is 0.481 e. The molecule has 0 saturated heterocycles. The Labute approximate surface area is 136 Å². The molecule has 0 atom stereocenters. The molecule has 0 spiro atoms. The van der Waals surface area contributed by atoms with Crippen LogP contribution in [0.2, 0.25) is 0 Å². The number of methoxy groups -OCH3 is 1. The summed E-state index contributed by atoms with van der Waals surface area (Å²) in [4.78, 5) is 11.8. The Morgan fingerprint density at radius 2 is 1.87 bits per heavy atom. The number of nitrogens with zero attached hydrogens (tertiary/aromatic N) is 3. The van der Waals surface area contributed by atoms with Gasteiger partial charge in [-0.3, -0.25) is 0 Å². The Kier molecular flexibility index (Phi) is 3.87. The Morgan fingerprint density at radius 3 is 2.74 bits per heavy atom. The highest BCUT2D eigenvalue weighted by molar-refractivity contribution is 5.44. The van der Waals surface area contributed by atoms with E-state index in [-0.39, 0.29) is 0 Å². The van der Waals surface area contributed by atoms with Crippen molar-refractivity contribution < 1.29 is 4.74 Å². The van der Waals surface area contributed by atoms with Crippen molar-refractivity contribution in [1.82, 2.24) is 15.3 Å². The molecule has 3 heterocycles. The number of hydrogen-bond donors (Lipinski definition) is 1. The van der Waals surface area contributed by atoms with Crippen molar-refractivity contribution >= 4 is 5.95 Å². The second-order valence-corrected chi connectivity index (χ2v) is 6.15. The predicted molar refractivity (Wildman–Crippen MR) is 90.1 cm³/mol. The fraction of sp³-hybridized carbons (Fsp3) is 0.444. The summed E-state index contributed by atoms with van der Waals surface area (Å²) >= 11 is 0. The van der Waals surface area contributed by atoms with Crippen LogP contribution in [0.1, 0.15) is 22.4 Å². The van der Waals surface area contributed by atoms with E-state index in [0.717, 1.165) is 63.0 Å². The molecular weight excluding hydrogens is 288 g/mol. The van der Waals surface area contributed by atoms with Crippen LogP contribution in [0.15, 0.2) is 24.3 Å². The number of ether oxygens (including phenoxy) is 1. The van der Waals surface area contributed by atoms with Gasteiger partial charge < -0.3 is 15.0 Å². The van der Waals surface area contributed by atoms with Gasteiger partial charge in [-0.05, 0) is 30.5 Å². The first-order valence-electron chi connectivity index (χ1n) is 8.31. The molecule has 2 aliphatic rings. The monoisotopic (exact) mass is 310 g/mol. The SMILES string of the molecule is COc1nc(N2CCc3ccccc3C2)nc2c1CCNCC2. The number of fused-ring (bicyclic) bond motifs is 2. The number of benzene rings is 1. The summed E-state index contributed by atoms with van der Waals surface area (Å²) in [6.45, 7) is 3.76. The zero-order valence-corrected chi connectivity index (χ0v) is 13.5. The lowest BCUT2D eigenvalue weighted by molar-refractivity contribution is 0.390. The van der Waals surface area contributed by atoms with Gasteiger partial charge in [-0.1, -0.05) is 24.3 Å². The maximum absolute atomic E-state index is 5.56. The molecule has 1 aromatic carbocycles. The number of nitrogens with one attached hydrogen (secondary N) is 1. The van der Waals surface area contributed by atoms with Crippen LogP contribution in [0, 0.1) is 0 Å². The fourth-order valence-electron chi connectivity index (χ4n) is 3.47. The Bertz CT molecular complexity index is 716. The lowest BCUT2D eigenvalue weighted by atomic mass is 10.0.